The molecule has 1 aliphatic carbocycles. The molecule has 4 rings (SSSR count). The van der Waals surface area contributed by atoms with Crippen LogP contribution in [0.25, 0.3) is 0 Å². The van der Waals surface area contributed by atoms with Crippen LogP contribution in [0, 0.1) is 11.7 Å². The first-order valence-corrected chi connectivity index (χ1v) is 11.1. The van der Waals surface area contributed by atoms with Gasteiger partial charge in [-0.05, 0) is 70.1 Å². The van der Waals surface area contributed by atoms with Crippen LogP contribution < -0.4 is 10.8 Å². The van der Waals surface area contributed by atoms with Crippen LogP contribution in [0.4, 0.5) is 10.2 Å². The first-order chi connectivity index (χ1) is 15.1. The third kappa shape index (κ3) is 4.52. The number of anilines is 1. The topological polar surface area (TPSA) is 69.7 Å². The highest BCUT2D eigenvalue weighted by molar-refractivity contribution is 6.62. The van der Waals surface area contributed by atoms with Crippen molar-refractivity contribution in [3.05, 3.63) is 53.5 Å². The normalized spacial score (nSPS) is 23.1. The van der Waals surface area contributed by atoms with Gasteiger partial charge in [0, 0.05) is 18.3 Å². The Labute approximate surface area is 189 Å². The van der Waals surface area contributed by atoms with Crippen LogP contribution in [-0.4, -0.2) is 35.9 Å². The van der Waals surface area contributed by atoms with E-state index in [1.165, 1.54) is 6.07 Å². The summed E-state index contributed by atoms with van der Waals surface area (Å²) in [6, 6.07) is 8.72. The Morgan fingerprint density at radius 2 is 1.94 bits per heavy atom. The molecule has 0 amide bonds. The molecule has 1 aliphatic heterocycles. The molecule has 0 radical (unpaired) electrons. The Morgan fingerprint density at radius 1 is 1.22 bits per heavy atom. The van der Waals surface area contributed by atoms with Crippen molar-refractivity contribution in [3.8, 4) is 0 Å². The molecule has 0 spiro atoms. The second-order valence-corrected chi connectivity index (χ2v) is 9.47. The van der Waals surface area contributed by atoms with E-state index in [1.807, 2.05) is 46.8 Å². The third-order valence-electron chi connectivity index (χ3n) is 6.65. The van der Waals surface area contributed by atoms with E-state index >= 15 is 0 Å². The predicted octanol–water partition coefficient (Wildman–Crippen LogP) is 3.80. The lowest BCUT2D eigenvalue weighted by atomic mass is 9.78. The van der Waals surface area contributed by atoms with Crippen molar-refractivity contribution in [2.45, 2.75) is 64.7 Å². The van der Waals surface area contributed by atoms with E-state index in [0.29, 0.717) is 18.0 Å². The summed E-state index contributed by atoms with van der Waals surface area (Å²) in [5.74, 6) is 0.302. The fourth-order valence-electron chi connectivity index (χ4n) is 3.84. The van der Waals surface area contributed by atoms with Gasteiger partial charge in [-0.15, -0.1) is 0 Å². The highest BCUT2D eigenvalue weighted by Crippen LogP contribution is 2.48. The van der Waals surface area contributed by atoms with Crippen LogP contribution in [0.3, 0.4) is 0 Å². The Morgan fingerprint density at radius 3 is 2.56 bits per heavy atom. The van der Waals surface area contributed by atoms with Crippen LogP contribution in [-0.2, 0) is 25.4 Å². The smallest absolute Gasteiger partial charge is 0.466 e. The van der Waals surface area contributed by atoms with Crippen molar-refractivity contribution in [1.82, 2.24) is 4.98 Å². The fraction of sp³-hybridized carbons (Fsp3) is 0.500. The van der Waals surface area contributed by atoms with E-state index in [2.05, 4.69) is 10.3 Å². The van der Waals surface area contributed by atoms with Crippen molar-refractivity contribution in [2.24, 2.45) is 5.92 Å². The maximum absolute atomic E-state index is 14.4. The number of carbonyl (C=O) groups is 1. The minimum Gasteiger partial charge on any atom is -0.466 e. The summed E-state index contributed by atoms with van der Waals surface area (Å²) in [5, 5.41) is 3.17. The Balaban J connectivity index is 1.38. The predicted molar refractivity (Wildman–Crippen MR) is 121 cm³/mol. The number of benzene rings is 1. The molecular weight excluding hydrogens is 410 g/mol. The monoisotopic (exact) mass is 440 g/mol. The number of aromatic nitrogens is 1. The van der Waals surface area contributed by atoms with Crippen LogP contribution in [0.15, 0.2) is 36.5 Å². The van der Waals surface area contributed by atoms with E-state index in [0.717, 1.165) is 17.4 Å². The lowest BCUT2D eigenvalue weighted by Crippen LogP contribution is -2.41. The summed E-state index contributed by atoms with van der Waals surface area (Å²) in [5.41, 5.74) is 1.40. The average molecular weight is 440 g/mol. The number of nitrogens with one attached hydrogen (secondary N) is 1. The number of esters is 1. The van der Waals surface area contributed by atoms with Gasteiger partial charge in [0.25, 0.3) is 0 Å². The van der Waals surface area contributed by atoms with Crippen molar-refractivity contribution in [3.63, 3.8) is 0 Å². The number of pyridine rings is 1. The number of carbonyl (C=O) groups excluding carboxylic acids is 1. The zero-order chi connectivity index (χ0) is 23.1. The second-order valence-electron chi connectivity index (χ2n) is 9.47. The molecule has 2 fully saturated rings. The van der Waals surface area contributed by atoms with E-state index in [4.69, 9.17) is 14.0 Å². The standard InChI is InChI=1S/C24H30BFN2O4/c1-6-30-22(29)19-12-18(19)15-7-10-21(27-13-15)28-14-16-11-17(8-9-20(16)26)25-31-23(2,3)24(4,5)32-25/h7-11,13,18-19H,6,12,14H2,1-5H3,(H,27,28)/t18-,19+/m0/s1. The van der Waals surface area contributed by atoms with Crippen molar-refractivity contribution in [1.29, 1.82) is 0 Å². The highest BCUT2D eigenvalue weighted by Gasteiger charge is 2.51. The fourth-order valence-corrected chi connectivity index (χ4v) is 3.84. The second kappa shape index (κ2) is 8.48. The van der Waals surface area contributed by atoms with Gasteiger partial charge in [-0.1, -0.05) is 18.2 Å². The molecule has 1 saturated heterocycles. The van der Waals surface area contributed by atoms with Gasteiger partial charge >= 0.3 is 13.1 Å². The van der Waals surface area contributed by atoms with Crippen LogP contribution >= 0.6 is 0 Å². The molecule has 2 heterocycles. The largest absolute Gasteiger partial charge is 0.494 e. The lowest BCUT2D eigenvalue weighted by molar-refractivity contribution is -0.144. The molecule has 1 aromatic heterocycles. The number of hydrogen-bond acceptors (Lipinski definition) is 6. The Bertz CT molecular complexity index is 980. The van der Waals surface area contributed by atoms with Crippen LogP contribution in [0.1, 0.15) is 58.1 Å². The average Bonchev–Trinajstić information content (AvgIpc) is 3.50. The minimum absolute atomic E-state index is 0.0672. The van der Waals surface area contributed by atoms with Crippen molar-refractivity contribution >= 4 is 24.4 Å². The molecule has 2 aliphatic rings. The molecule has 1 aromatic carbocycles. The van der Waals surface area contributed by atoms with Gasteiger partial charge < -0.3 is 19.4 Å². The van der Waals surface area contributed by atoms with Crippen LogP contribution in [0.2, 0.25) is 0 Å². The molecule has 2 atom stereocenters. The number of hydrogen-bond donors (Lipinski definition) is 1. The molecule has 32 heavy (non-hydrogen) atoms. The summed E-state index contributed by atoms with van der Waals surface area (Å²) < 4.78 is 31.7. The molecule has 0 unspecified atom stereocenters. The first-order valence-electron chi connectivity index (χ1n) is 11.1. The Kier molecular flexibility index (Phi) is 6.03. The summed E-state index contributed by atoms with van der Waals surface area (Å²) in [4.78, 5) is 16.3. The summed E-state index contributed by atoms with van der Waals surface area (Å²) in [6.45, 7) is 10.5. The van der Waals surface area contributed by atoms with E-state index in [-0.39, 0.29) is 30.2 Å². The molecule has 170 valence electrons. The van der Waals surface area contributed by atoms with Gasteiger partial charge in [0.2, 0.25) is 0 Å². The van der Waals surface area contributed by atoms with Gasteiger partial charge in [0.05, 0.1) is 23.7 Å². The molecule has 6 nitrogen and oxygen atoms in total. The molecule has 8 heteroatoms. The van der Waals surface area contributed by atoms with E-state index in [1.54, 1.807) is 18.3 Å². The number of halogens is 1. The lowest BCUT2D eigenvalue weighted by Gasteiger charge is -2.32. The van der Waals surface area contributed by atoms with Crippen molar-refractivity contribution in [2.75, 3.05) is 11.9 Å². The molecule has 0 bridgehead atoms. The minimum atomic E-state index is -0.539. The third-order valence-corrected chi connectivity index (χ3v) is 6.65. The molecule has 2 aromatic rings. The number of ether oxygens (including phenoxy) is 1. The van der Waals surface area contributed by atoms with Gasteiger partial charge in [0.15, 0.2) is 0 Å². The van der Waals surface area contributed by atoms with Gasteiger partial charge in [-0.3, -0.25) is 4.79 Å². The van der Waals surface area contributed by atoms with Gasteiger partial charge in [0.1, 0.15) is 11.6 Å². The van der Waals surface area contributed by atoms with Gasteiger partial charge in [-0.25, -0.2) is 9.37 Å². The zero-order valence-electron chi connectivity index (χ0n) is 19.3. The van der Waals surface area contributed by atoms with Crippen LogP contribution in [0.5, 0.6) is 0 Å². The zero-order valence-corrected chi connectivity index (χ0v) is 19.3. The number of rotatable bonds is 7. The molecule has 1 saturated carbocycles. The molecular formula is C24H30BFN2O4. The maximum atomic E-state index is 14.4. The quantitative estimate of drug-likeness (QED) is 0.522. The van der Waals surface area contributed by atoms with E-state index in [9.17, 15) is 9.18 Å². The molecule has 1 N–H and O–H groups in total. The summed E-state index contributed by atoms with van der Waals surface area (Å²) in [6.07, 6.45) is 2.56. The highest BCUT2D eigenvalue weighted by atomic mass is 19.1. The first kappa shape index (κ1) is 22.7. The summed E-state index contributed by atoms with van der Waals surface area (Å²) >= 11 is 0. The SMILES string of the molecule is CCOC(=O)[C@@H]1C[C@H]1c1ccc(NCc2cc(B3OC(C)(C)C(C)(C)O3)ccc2F)nc1. The summed E-state index contributed by atoms with van der Waals surface area (Å²) in [7, 11) is -0.539. The number of nitrogens with zero attached hydrogens (tertiary/aromatic N) is 1. The van der Waals surface area contributed by atoms with E-state index < -0.39 is 18.3 Å². The van der Waals surface area contributed by atoms with Gasteiger partial charge in [-0.2, -0.15) is 0 Å². The van der Waals surface area contributed by atoms with Crippen molar-refractivity contribution < 1.29 is 23.2 Å². The Hall–Kier alpha value is -2.45. The maximum Gasteiger partial charge on any atom is 0.494 e.